The number of nitrogens with two attached hydrogens (primary N) is 1. The predicted octanol–water partition coefficient (Wildman–Crippen LogP) is 1.54. The zero-order valence-corrected chi connectivity index (χ0v) is 9.05. The van der Waals surface area contributed by atoms with Gasteiger partial charge in [-0.1, -0.05) is 6.92 Å². The summed E-state index contributed by atoms with van der Waals surface area (Å²) in [5, 5.41) is 3.33. The van der Waals surface area contributed by atoms with Crippen LogP contribution < -0.4 is 11.1 Å². The van der Waals surface area contributed by atoms with Crippen LogP contribution in [0.25, 0.3) is 0 Å². The Bertz CT molecular complexity index is 242. The zero-order chi connectivity index (χ0) is 10.4. The van der Waals surface area contributed by atoms with Crippen LogP contribution in [0.15, 0.2) is 22.8 Å². The third kappa shape index (κ3) is 3.94. The van der Waals surface area contributed by atoms with E-state index < -0.39 is 0 Å². The van der Waals surface area contributed by atoms with E-state index in [0.717, 1.165) is 31.7 Å². The maximum atomic E-state index is 5.99. The molecule has 0 bridgehead atoms. The summed E-state index contributed by atoms with van der Waals surface area (Å²) in [6.07, 6.45) is 3.61. The molecule has 3 nitrogen and oxygen atoms in total. The van der Waals surface area contributed by atoms with Crippen LogP contribution in [0.2, 0.25) is 0 Å². The van der Waals surface area contributed by atoms with Crippen molar-refractivity contribution in [2.24, 2.45) is 5.73 Å². The van der Waals surface area contributed by atoms with Crippen LogP contribution in [0.5, 0.6) is 0 Å². The number of hydrogen-bond acceptors (Lipinski definition) is 3. The minimum absolute atomic E-state index is 0.0941. The molecule has 1 aromatic heterocycles. The summed E-state index contributed by atoms with van der Waals surface area (Å²) in [6.45, 7) is 5.94. The molecule has 1 rings (SSSR count). The van der Waals surface area contributed by atoms with Crippen LogP contribution in [0.3, 0.4) is 0 Å². The molecular weight excluding hydrogens is 176 g/mol. The van der Waals surface area contributed by atoms with Crippen molar-refractivity contribution in [3.05, 3.63) is 24.2 Å². The maximum absolute atomic E-state index is 5.99. The average molecular weight is 196 g/mol. The van der Waals surface area contributed by atoms with Gasteiger partial charge < -0.3 is 15.5 Å². The molecule has 0 amide bonds. The minimum atomic E-state index is -0.0941. The van der Waals surface area contributed by atoms with Gasteiger partial charge in [-0.3, -0.25) is 0 Å². The quantitative estimate of drug-likeness (QED) is 0.678. The summed E-state index contributed by atoms with van der Waals surface area (Å²) in [4.78, 5) is 0. The summed E-state index contributed by atoms with van der Waals surface area (Å²) < 4.78 is 5.22. The molecule has 0 aliphatic heterocycles. The van der Waals surface area contributed by atoms with E-state index in [2.05, 4.69) is 19.2 Å². The third-order valence-corrected chi connectivity index (χ3v) is 2.46. The van der Waals surface area contributed by atoms with Gasteiger partial charge >= 0.3 is 0 Å². The fraction of sp³-hybridized carbons (Fsp3) is 0.636. The highest BCUT2D eigenvalue weighted by atomic mass is 16.3. The monoisotopic (exact) mass is 196 g/mol. The van der Waals surface area contributed by atoms with Gasteiger partial charge in [0.05, 0.1) is 6.26 Å². The van der Waals surface area contributed by atoms with Crippen LogP contribution in [0.4, 0.5) is 0 Å². The van der Waals surface area contributed by atoms with E-state index >= 15 is 0 Å². The fourth-order valence-corrected chi connectivity index (χ4v) is 1.17. The van der Waals surface area contributed by atoms with Crippen LogP contribution in [0.1, 0.15) is 26.0 Å². The first kappa shape index (κ1) is 11.3. The Morgan fingerprint density at radius 2 is 2.36 bits per heavy atom. The predicted molar refractivity (Wildman–Crippen MR) is 58.2 cm³/mol. The molecule has 14 heavy (non-hydrogen) atoms. The Hall–Kier alpha value is -0.800. The highest BCUT2D eigenvalue weighted by Crippen LogP contribution is 2.03. The highest BCUT2D eigenvalue weighted by Gasteiger charge is 2.13. The Balaban J connectivity index is 2.11. The standard InChI is InChI=1S/C11H20N2O/c1-3-11(2,12)9-13-7-6-10-5-4-8-14-10/h4-5,8,13H,3,6-7,9,12H2,1-2H3. The molecule has 0 aromatic carbocycles. The van der Waals surface area contributed by atoms with Crippen molar-refractivity contribution in [3.63, 3.8) is 0 Å². The van der Waals surface area contributed by atoms with Crippen molar-refractivity contribution in [2.75, 3.05) is 13.1 Å². The summed E-state index contributed by atoms with van der Waals surface area (Å²) in [5.41, 5.74) is 5.90. The van der Waals surface area contributed by atoms with E-state index in [9.17, 15) is 0 Å². The fourth-order valence-electron chi connectivity index (χ4n) is 1.17. The van der Waals surface area contributed by atoms with Gasteiger partial charge in [-0.25, -0.2) is 0 Å². The van der Waals surface area contributed by atoms with Gasteiger partial charge in [-0.2, -0.15) is 0 Å². The summed E-state index contributed by atoms with van der Waals surface area (Å²) in [6, 6.07) is 3.90. The Morgan fingerprint density at radius 1 is 1.57 bits per heavy atom. The zero-order valence-electron chi connectivity index (χ0n) is 9.05. The molecule has 1 heterocycles. The topological polar surface area (TPSA) is 51.2 Å². The lowest BCUT2D eigenvalue weighted by Gasteiger charge is -2.22. The van der Waals surface area contributed by atoms with E-state index in [4.69, 9.17) is 10.2 Å². The molecule has 0 saturated heterocycles. The van der Waals surface area contributed by atoms with Crippen LogP contribution in [-0.4, -0.2) is 18.6 Å². The number of nitrogens with one attached hydrogen (secondary N) is 1. The molecule has 80 valence electrons. The number of hydrogen-bond donors (Lipinski definition) is 2. The molecule has 0 radical (unpaired) electrons. The van der Waals surface area contributed by atoms with Gasteiger partial charge in [0.25, 0.3) is 0 Å². The van der Waals surface area contributed by atoms with E-state index in [1.807, 2.05) is 12.1 Å². The molecule has 1 aromatic rings. The van der Waals surface area contributed by atoms with E-state index in [-0.39, 0.29) is 5.54 Å². The summed E-state index contributed by atoms with van der Waals surface area (Å²) >= 11 is 0. The minimum Gasteiger partial charge on any atom is -0.469 e. The molecule has 1 unspecified atom stereocenters. The second kappa shape index (κ2) is 5.17. The molecule has 0 fully saturated rings. The van der Waals surface area contributed by atoms with Crippen molar-refractivity contribution in [2.45, 2.75) is 32.2 Å². The van der Waals surface area contributed by atoms with Gasteiger partial charge in [-0.15, -0.1) is 0 Å². The first-order valence-electron chi connectivity index (χ1n) is 5.16. The molecular formula is C11H20N2O. The van der Waals surface area contributed by atoms with Crippen LogP contribution in [-0.2, 0) is 6.42 Å². The number of furan rings is 1. The number of rotatable bonds is 6. The van der Waals surface area contributed by atoms with Crippen molar-refractivity contribution < 1.29 is 4.42 Å². The second-order valence-electron chi connectivity index (χ2n) is 4.01. The van der Waals surface area contributed by atoms with Gasteiger partial charge in [-0.05, 0) is 25.5 Å². The Morgan fingerprint density at radius 3 is 2.93 bits per heavy atom. The Kier molecular flexibility index (Phi) is 4.17. The third-order valence-electron chi connectivity index (χ3n) is 2.46. The van der Waals surface area contributed by atoms with E-state index in [1.165, 1.54) is 0 Å². The van der Waals surface area contributed by atoms with Crippen molar-refractivity contribution in [1.82, 2.24) is 5.32 Å². The van der Waals surface area contributed by atoms with Crippen LogP contribution >= 0.6 is 0 Å². The lowest BCUT2D eigenvalue weighted by atomic mass is 10.0. The summed E-state index contributed by atoms with van der Waals surface area (Å²) in [5.74, 6) is 1.02. The van der Waals surface area contributed by atoms with E-state index in [0.29, 0.717) is 0 Å². The SMILES string of the molecule is CCC(C)(N)CNCCc1ccco1. The molecule has 1 atom stereocenters. The largest absolute Gasteiger partial charge is 0.469 e. The van der Waals surface area contributed by atoms with Gasteiger partial charge in [0, 0.05) is 25.0 Å². The first-order valence-corrected chi connectivity index (χ1v) is 5.16. The van der Waals surface area contributed by atoms with Crippen LogP contribution in [0, 0.1) is 0 Å². The summed E-state index contributed by atoms with van der Waals surface area (Å²) in [7, 11) is 0. The van der Waals surface area contributed by atoms with Crippen molar-refractivity contribution in [1.29, 1.82) is 0 Å². The molecule has 0 saturated carbocycles. The smallest absolute Gasteiger partial charge is 0.105 e. The van der Waals surface area contributed by atoms with E-state index in [1.54, 1.807) is 6.26 Å². The van der Waals surface area contributed by atoms with Crippen molar-refractivity contribution >= 4 is 0 Å². The molecule has 0 spiro atoms. The molecule has 3 heteroatoms. The van der Waals surface area contributed by atoms with Gasteiger partial charge in [0.2, 0.25) is 0 Å². The van der Waals surface area contributed by atoms with Gasteiger partial charge in [0.15, 0.2) is 0 Å². The first-order chi connectivity index (χ1) is 6.64. The molecule has 0 aliphatic rings. The Labute approximate surface area is 85.7 Å². The normalized spacial score (nSPS) is 15.4. The van der Waals surface area contributed by atoms with Gasteiger partial charge in [0.1, 0.15) is 5.76 Å². The lowest BCUT2D eigenvalue weighted by molar-refractivity contribution is 0.411. The second-order valence-corrected chi connectivity index (χ2v) is 4.01. The highest BCUT2D eigenvalue weighted by molar-refractivity contribution is 4.98. The molecule has 0 aliphatic carbocycles. The molecule has 3 N–H and O–H groups in total. The van der Waals surface area contributed by atoms with Crippen molar-refractivity contribution in [3.8, 4) is 0 Å². The lowest BCUT2D eigenvalue weighted by Crippen LogP contribution is -2.45. The maximum Gasteiger partial charge on any atom is 0.105 e. The average Bonchev–Trinajstić information content (AvgIpc) is 2.65.